The van der Waals surface area contributed by atoms with E-state index in [-0.39, 0.29) is 5.91 Å². The van der Waals surface area contributed by atoms with Crippen LogP contribution in [-0.2, 0) is 6.42 Å². The molecular weight excluding hydrogens is 292 g/mol. The fourth-order valence-corrected chi connectivity index (χ4v) is 1.83. The standard InChI is InChI=1S/C14H13BrN2O/c15-13-5-3-11(4-6-13)7-9-17-14(18)12-2-1-8-16-10-12/h1-6,8,10H,7,9H2,(H,17,18). The van der Waals surface area contributed by atoms with Gasteiger partial charge in [0.15, 0.2) is 0 Å². The number of rotatable bonds is 4. The van der Waals surface area contributed by atoms with E-state index in [0.29, 0.717) is 12.1 Å². The van der Waals surface area contributed by atoms with E-state index in [2.05, 4.69) is 26.2 Å². The van der Waals surface area contributed by atoms with Gasteiger partial charge in [0.2, 0.25) is 0 Å². The van der Waals surface area contributed by atoms with Crippen molar-refractivity contribution in [2.75, 3.05) is 6.54 Å². The minimum atomic E-state index is -0.0831. The summed E-state index contributed by atoms with van der Waals surface area (Å²) in [6.45, 7) is 0.620. The van der Waals surface area contributed by atoms with E-state index < -0.39 is 0 Å². The highest BCUT2D eigenvalue weighted by Crippen LogP contribution is 2.10. The molecule has 2 rings (SSSR count). The molecule has 2 aromatic rings. The molecule has 0 bridgehead atoms. The van der Waals surface area contributed by atoms with Gasteiger partial charge < -0.3 is 5.32 Å². The lowest BCUT2D eigenvalue weighted by Crippen LogP contribution is -2.25. The predicted octanol–water partition coefficient (Wildman–Crippen LogP) is 2.82. The Morgan fingerprint density at radius 3 is 2.67 bits per heavy atom. The molecule has 3 nitrogen and oxygen atoms in total. The van der Waals surface area contributed by atoms with Gasteiger partial charge in [0.1, 0.15) is 0 Å². The van der Waals surface area contributed by atoms with Crippen molar-refractivity contribution < 1.29 is 4.79 Å². The molecular formula is C14H13BrN2O. The zero-order chi connectivity index (χ0) is 12.8. The first-order valence-corrected chi connectivity index (χ1v) is 6.47. The third-order valence-corrected chi connectivity index (χ3v) is 3.06. The average molecular weight is 305 g/mol. The summed E-state index contributed by atoms with van der Waals surface area (Å²) in [6, 6.07) is 11.6. The van der Waals surface area contributed by atoms with Crippen molar-refractivity contribution in [3.8, 4) is 0 Å². The van der Waals surface area contributed by atoms with E-state index in [4.69, 9.17) is 0 Å². The molecule has 0 unspecified atom stereocenters. The second-order valence-electron chi connectivity index (χ2n) is 3.87. The van der Waals surface area contributed by atoms with Crippen molar-refractivity contribution >= 4 is 21.8 Å². The Kier molecular flexibility index (Phi) is 4.47. The van der Waals surface area contributed by atoms with Crippen LogP contribution in [0.1, 0.15) is 15.9 Å². The predicted molar refractivity (Wildman–Crippen MR) is 74.4 cm³/mol. The first kappa shape index (κ1) is 12.8. The van der Waals surface area contributed by atoms with Gasteiger partial charge in [-0.05, 0) is 36.2 Å². The third kappa shape index (κ3) is 3.67. The maximum Gasteiger partial charge on any atom is 0.252 e. The molecule has 4 heteroatoms. The summed E-state index contributed by atoms with van der Waals surface area (Å²) in [6.07, 6.45) is 4.03. The van der Waals surface area contributed by atoms with Gasteiger partial charge in [-0.3, -0.25) is 9.78 Å². The van der Waals surface area contributed by atoms with Gasteiger partial charge in [0, 0.05) is 23.4 Å². The first-order valence-electron chi connectivity index (χ1n) is 5.68. The van der Waals surface area contributed by atoms with Gasteiger partial charge in [-0.1, -0.05) is 28.1 Å². The van der Waals surface area contributed by atoms with Crippen molar-refractivity contribution in [2.24, 2.45) is 0 Å². The van der Waals surface area contributed by atoms with Gasteiger partial charge in [0.05, 0.1) is 5.56 Å². The highest BCUT2D eigenvalue weighted by Gasteiger charge is 2.03. The number of hydrogen-bond donors (Lipinski definition) is 1. The van der Waals surface area contributed by atoms with Gasteiger partial charge in [0.25, 0.3) is 5.91 Å². The highest BCUT2D eigenvalue weighted by atomic mass is 79.9. The van der Waals surface area contributed by atoms with Crippen LogP contribution in [0.4, 0.5) is 0 Å². The maximum atomic E-state index is 11.7. The lowest BCUT2D eigenvalue weighted by atomic mass is 10.1. The van der Waals surface area contributed by atoms with E-state index in [1.807, 2.05) is 24.3 Å². The molecule has 1 amide bonds. The molecule has 0 aliphatic carbocycles. The first-order chi connectivity index (χ1) is 8.75. The van der Waals surface area contributed by atoms with Crippen LogP contribution in [0.3, 0.4) is 0 Å². The molecule has 0 radical (unpaired) electrons. The summed E-state index contributed by atoms with van der Waals surface area (Å²) >= 11 is 3.39. The van der Waals surface area contributed by atoms with Crippen LogP contribution in [0.15, 0.2) is 53.3 Å². The number of halogens is 1. The Labute approximate surface area is 114 Å². The number of carbonyl (C=O) groups is 1. The topological polar surface area (TPSA) is 42.0 Å². The summed E-state index contributed by atoms with van der Waals surface area (Å²) in [5.41, 5.74) is 1.79. The summed E-state index contributed by atoms with van der Waals surface area (Å²) in [5.74, 6) is -0.0831. The maximum absolute atomic E-state index is 11.7. The van der Waals surface area contributed by atoms with E-state index in [1.54, 1.807) is 24.5 Å². The van der Waals surface area contributed by atoms with Crippen LogP contribution in [0.5, 0.6) is 0 Å². The molecule has 92 valence electrons. The van der Waals surface area contributed by atoms with Gasteiger partial charge in [-0.25, -0.2) is 0 Å². The van der Waals surface area contributed by atoms with E-state index >= 15 is 0 Å². The van der Waals surface area contributed by atoms with Crippen LogP contribution >= 0.6 is 15.9 Å². The smallest absolute Gasteiger partial charge is 0.252 e. The highest BCUT2D eigenvalue weighted by molar-refractivity contribution is 9.10. The number of carbonyl (C=O) groups excluding carboxylic acids is 1. The van der Waals surface area contributed by atoms with E-state index in [0.717, 1.165) is 10.9 Å². The number of amides is 1. The Balaban J connectivity index is 1.82. The number of hydrogen-bond acceptors (Lipinski definition) is 2. The second-order valence-corrected chi connectivity index (χ2v) is 4.79. The van der Waals surface area contributed by atoms with Crippen LogP contribution in [0.2, 0.25) is 0 Å². The van der Waals surface area contributed by atoms with Crippen molar-refractivity contribution in [1.29, 1.82) is 0 Å². The number of benzene rings is 1. The molecule has 1 N–H and O–H groups in total. The molecule has 0 atom stereocenters. The summed E-state index contributed by atoms with van der Waals surface area (Å²) < 4.78 is 1.06. The number of aromatic nitrogens is 1. The number of pyridine rings is 1. The van der Waals surface area contributed by atoms with Crippen molar-refractivity contribution in [3.63, 3.8) is 0 Å². The monoisotopic (exact) mass is 304 g/mol. The fraction of sp³-hybridized carbons (Fsp3) is 0.143. The molecule has 1 aromatic heterocycles. The number of nitrogens with one attached hydrogen (secondary N) is 1. The third-order valence-electron chi connectivity index (χ3n) is 2.54. The SMILES string of the molecule is O=C(NCCc1ccc(Br)cc1)c1cccnc1. The van der Waals surface area contributed by atoms with E-state index in [1.165, 1.54) is 5.56 Å². The van der Waals surface area contributed by atoms with Crippen LogP contribution in [0, 0.1) is 0 Å². The Hall–Kier alpha value is -1.68. The van der Waals surface area contributed by atoms with E-state index in [9.17, 15) is 4.79 Å². The average Bonchev–Trinajstić information content (AvgIpc) is 2.42. The van der Waals surface area contributed by atoms with Crippen LogP contribution in [-0.4, -0.2) is 17.4 Å². The van der Waals surface area contributed by atoms with Gasteiger partial charge in [-0.2, -0.15) is 0 Å². The molecule has 18 heavy (non-hydrogen) atoms. The quantitative estimate of drug-likeness (QED) is 0.944. The van der Waals surface area contributed by atoms with Crippen molar-refractivity contribution in [3.05, 3.63) is 64.4 Å². The molecule has 1 aromatic carbocycles. The Morgan fingerprint density at radius 2 is 2.00 bits per heavy atom. The molecule has 0 spiro atoms. The minimum Gasteiger partial charge on any atom is -0.352 e. The Bertz CT molecular complexity index is 511. The molecule has 0 aliphatic rings. The van der Waals surface area contributed by atoms with Crippen LogP contribution < -0.4 is 5.32 Å². The summed E-state index contributed by atoms with van der Waals surface area (Å²) in [7, 11) is 0. The second kappa shape index (κ2) is 6.31. The molecule has 0 aliphatic heterocycles. The number of nitrogens with zero attached hydrogens (tertiary/aromatic N) is 1. The Morgan fingerprint density at radius 1 is 1.22 bits per heavy atom. The summed E-state index contributed by atoms with van der Waals surface area (Å²) in [5, 5.41) is 2.87. The lowest BCUT2D eigenvalue weighted by molar-refractivity contribution is 0.0954. The summed E-state index contributed by atoms with van der Waals surface area (Å²) in [4.78, 5) is 15.6. The van der Waals surface area contributed by atoms with Crippen molar-refractivity contribution in [1.82, 2.24) is 10.3 Å². The largest absolute Gasteiger partial charge is 0.352 e. The van der Waals surface area contributed by atoms with Crippen molar-refractivity contribution in [2.45, 2.75) is 6.42 Å². The van der Waals surface area contributed by atoms with Gasteiger partial charge in [-0.15, -0.1) is 0 Å². The van der Waals surface area contributed by atoms with Crippen LogP contribution in [0.25, 0.3) is 0 Å². The molecule has 0 saturated heterocycles. The molecule has 0 saturated carbocycles. The molecule has 0 fully saturated rings. The fourth-order valence-electron chi connectivity index (χ4n) is 1.57. The minimum absolute atomic E-state index is 0.0831. The van der Waals surface area contributed by atoms with Gasteiger partial charge >= 0.3 is 0 Å². The lowest BCUT2D eigenvalue weighted by Gasteiger charge is -2.05. The zero-order valence-corrected chi connectivity index (χ0v) is 11.4. The zero-order valence-electron chi connectivity index (χ0n) is 9.77. The normalized spacial score (nSPS) is 10.1. The molecule has 1 heterocycles.